The maximum Gasteiger partial charge on any atom is 0.248 e. The molecule has 1 aromatic carbocycles. The molecule has 0 atom stereocenters. The van der Waals surface area contributed by atoms with E-state index in [2.05, 4.69) is 5.32 Å². The zero-order valence-corrected chi connectivity index (χ0v) is 9.03. The van der Waals surface area contributed by atoms with Gasteiger partial charge >= 0.3 is 0 Å². The number of hydrogen-bond donors (Lipinski definition) is 2. The minimum absolute atomic E-state index is 0.151. The Balaban J connectivity index is 2.63. The molecule has 3 nitrogen and oxygen atoms in total. The van der Waals surface area contributed by atoms with Crippen LogP contribution in [0.3, 0.4) is 0 Å². The fraction of sp³-hybridized carbons (Fsp3) is 0.250. The largest absolute Gasteiger partial charge is 0.397 e. The molecule has 3 N–H and O–H groups in total. The maximum atomic E-state index is 11.4. The number of nitrogens with two attached hydrogens (primary N) is 1. The molecule has 1 aromatic rings. The van der Waals surface area contributed by atoms with Gasteiger partial charge in [-0.05, 0) is 24.1 Å². The quantitative estimate of drug-likeness (QED) is 0.587. The maximum absolute atomic E-state index is 11.4. The first-order chi connectivity index (χ1) is 7.09. The Morgan fingerprint density at radius 1 is 1.40 bits per heavy atom. The van der Waals surface area contributed by atoms with Crippen molar-refractivity contribution in [2.45, 2.75) is 13.8 Å². The normalized spacial score (nSPS) is 10.9. The zero-order valence-electron chi connectivity index (χ0n) is 9.03. The average Bonchev–Trinajstić information content (AvgIpc) is 2.18. The first-order valence-electron chi connectivity index (χ1n) is 4.93. The summed E-state index contributed by atoms with van der Waals surface area (Å²) in [5.41, 5.74) is 6.91. The molecule has 0 spiro atoms. The summed E-state index contributed by atoms with van der Waals surface area (Å²) in [5, 5.41) is 2.71. The molecule has 0 aliphatic carbocycles. The second-order valence-electron chi connectivity index (χ2n) is 3.68. The summed E-state index contributed by atoms with van der Waals surface area (Å²) >= 11 is 0. The average molecular weight is 204 g/mol. The fourth-order valence-corrected chi connectivity index (χ4v) is 1.07. The summed E-state index contributed by atoms with van der Waals surface area (Å²) in [4.78, 5) is 11.4. The number of benzene rings is 1. The summed E-state index contributed by atoms with van der Waals surface area (Å²) in [7, 11) is 0. The summed E-state index contributed by atoms with van der Waals surface area (Å²) in [6, 6.07) is 7.19. The van der Waals surface area contributed by atoms with Crippen LogP contribution in [0.1, 0.15) is 13.8 Å². The molecule has 0 heterocycles. The molecule has 0 bridgehead atoms. The molecule has 0 saturated carbocycles. The molecule has 0 fully saturated rings. The zero-order chi connectivity index (χ0) is 11.3. The van der Waals surface area contributed by atoms with Crippen molar-refractivity contribution in [3.63, 3.8) is 0 Å². The van der Waals surface area contributed by atoms with Crippen molar-refractivity contribution in [3.8, 4) is 0 Å². The lowest BCUT2D eigenvalue weighted by molar-refractivity contribution is -0.111. The van der Waals surface area contributed by atoms with Gasteiger partial charge in [-0.1, -0.05) is 32.1 Å². The third-order valence-corrected chi connectivity index (χ3v) is 1.85. The third-order valence-electron chi connectivity index (χ3n) is 1.85. The van der Waals surface area contributed by atoms with E-state index in [1.54, 1.807) is 12.1 Å². The highest BCUT2D eigenvalue weighted by molar-refractivity contribution is 6.01. The van der Waals surface area contributed by atoms with Crippen molar-refractivity contribution in [3.05, 3.63) is 36.4 Å². The Hall–Kier alpha value is -1.77. The van der Waals surface area contributed by atoms with E-state index in [-0.39, 0.29) is 5.91 Å². The summed E-state index contributed by atoms with van der Waals surface area (Å²) < 4.78 is 0. The van der Waals surface area contributed by atoms with Gasteiger partial charge in [-0.2, -0.15) is 0 Å². The van der Waals surface area contributed by atoms with E-state index in [9.17, 15) is 4.79 Å². The van der Waals surface area contributed by atoms with Crippen molar-refractivity contribution in [1.29, 1.82) is 0 Å². The number of amides is 1. The number of carbonyl (C=O) groups excluding carboxylic acids is 1. The lowest BCUT2D eigenvalue weighted by atomic mass is 10.2. The molecule has 0 aromatic heterocycles. The van der Waals surface area contributed by atoms with Crippen LogP contribution < -0.4 is 11.1 Å². The fourth-order valence-electron chi connectivity index (χ4n) is 1.07. The highest BCUT2D eigenvalue weighted by atomic mass is 16.1. The number of anilines is 2. The van der Waals surface area contributed by atoms with E-state index in [0.29, 0.717) is 17.3 Å². The van der Waals surface area contributed by atoms with Crippen LogP contribution in [0.15, 0.2) is 36.4 Å². The number of para-hydroxylation sites is 2. The molecule has 15 heavy (non-hydrogen) atoms. The standard InChI is InChI=1S/C12H16N2O/c1-9(2)7-8-12(15)14-11-6-4-3-5-10(11)13/h3-9H,13H2,1-2H3,(H,14,15)/b8-7+. The molecule has 1 amide bonds. The van der Waals surface area contributed by atoms with E-state index >= 15 is 0 Å². The Kier molecular flexibility index (Phi) is 3.92. The molecule has 3 heteroatoms. The van der Waals surface area contributed by atoms with Gasteiger partial charge in [0.05, 0.1) is 11.4 Å². The van der Waals surface area contributed by atoms with Gasteiger partial charge in [-0.15, -0.1) is 0 Å². The SMILES string of the molecule is CC(C)/C=C/C(=O)Nc1ccccc1N. The van der Waals surface area contributed by atoms with E-state index in [4.69, 9.17) is 5.73 Å². The molecule has 0 unspecified atom stereocenters. The van der Waals surface area contributed by atoms with Crippen molar-refractivity contribution in [2.24, 2.45) is 5.92 Å². The van der Waals surface area contributed by atoms with Crippen molar-refractivity contribution >= 4 is 17.3 Å². The van der Waals surface area contributed by atoms with E-state index in [0.717, 1.165) is 0 Å². The second-order valence-corrected chi connectivity index (χ2v) is 3.68. The highest BCUT2D eigenvalue weighted by Gasteiger charge is 2.00. The number of nitrogen functional groups attached to an aromatic ring is 1. The molecule has 0 aliphatic heterocycles. The first kappa shape index (κ1) is 11.3. The van der Waals surface area contributed by atoms with Crippen LogP contribution in [0.5, 0.6) is 0 Å². The topological polar surface area (TPSA) is 55.1 Å². The van der Waals surface area contributed by atoms with Gasteiger partial charge in [0, 0.05) is 0 Å². The number of rotatable bonds is 3. The Morgan fingerprint density at radius 3 is 2.67 bits per heavy atom. The van der Waals surface area contributed by atoms with Crippen LogP contribution in [0.2, 0.25) is 0 Å². The molecule has 0 aliphatic rings. The predicted octanol–water partition coefficient (Wildman–Crippen LogP) is 2.42. The Bertz CT molecular complexity index is 370. The lowest BCUT2D eigenvalue weighted by Gasteiger charge is -2.05. The molecule has 1 rings (SSSR count). The number of carbonyl (C=O) groups is 1. The Morgan fingerprint density at radius 2 is 2.07 bits per heavy atom. The lowest BCUT2D eigenvalue weighted by Crippen LogP contribution is -2.09. The number of nitrogens with one attached hydrogen (secondary N) is 1. The van der Waals surface area contributed by atoms with Crippen LogP contribution >= 0.6 is 0 Å². The molecule has 0 radical (unpaired) electrons. The van der Waals surface area contributed by atoms with Gasteiger partial charge < -0.3 is 11.1 Å². The summed E-state index contributed by atoms with van der Waals surface area (Å²) in [6.45, 7) is 4.03. The molecular weight excluding hydrogens is 188 g/mol. The summed E-state index contributed by atoms with van der Waals surface area (Å²) in [6.07, 6.45) is 3.37. The van der Waals surface area contributed by atoms with Gasteiger partial charge in [0.15, 0.2) is 0 Å². The molecular formula is C12H16N2O. The number of hydrogen-bond acceptors (Lipinski definition) is 2. The van der Waals surface area contributed by atoms with Gasteiger partial charge in [0.2, 0.25) is 5.91 Å². The van der Waals surface area contributed by atoms with Gasteiger partial charge in [-0.25, -0.2) is 0 Å². The monoisotopic (exact) mass is 204 g/mol. The van der Waals surface area contributed by atoms with Crippen LogP contribution in [0.4, 0.5) is 11.4 Å². The molecule has 0 saturated heterocycles. The first-order valence-corrected chi connectivity index (χ1v) is 4.93. The summed E-state index contributed by atoms with van der Waals surface area (Å²) in [5.74, 6) is 0.213. The molecule has 80 valence electrons. The van der Waals surface area contributed by atoms with Gasteiger partial charge in [0.25, 0.3) is 0 Å². The van der Waals surface area contributed by atoms with Crippen molar-refractivity contribution in [2.75, 3.05) is 11.1 Å². The van der Waals surface area contributed by atoms with Crippen LogP contribution in [0, 0.1) is 5.92 Å². The van der Waals surface area contributed by atoms with Crippen molar-refractivity contribution < 1.29 is 4.79 Å². The minimum atomic E-state index is -0.151. The smallest absolute Gasteiger partial charge is 0.248 e. The Labute approximate surface area is 90.0 Å². The third kappa shape index (κ3) is 3.85. The van der Waals surface area contributed by atoms with E-state index in [1.165, 1.54) is 6.08 Å². The van der Waals surface area contributed by atoms with Gasteiger partial charge in [0.1, 0.15) is 0 Å². The van der Waals surface area contributed by atoms with Gasteiger partial charge in [-0.3, -0.25) is 4.79 Å². The van der Waals surface area contributed by atoms with Crippen LogP contribution in [-0.4, -0.2) is 5.91 Å². The van der Waals surface area contributed by atoms with Crippen LogP contribution in [0.25, 0.3) is 0 Å². The second kappa shape index (κ2) is 5.20. The minimum Gasteiger partial charge on any atom is -0.397 e. The van der Waals surface area contributed by atoms with Crippen molar-refractivity contribution in [1.82, 2.24) is 0 Å². The van der Waals surface area contributed by atoms with E-state index in [1.807, 2.05) is 32.1 Å². The van der Waals surface area contributed by atoms with Crippen LogP contribution in [-0.2, 0) is 4.79 Å². The highest BCUT2D eigenvalue weighted by Crippen LogP contribution is 2.16. The number of allylic oxidation sites excluding steroid dienone is 1. The van der Waals surface area contributed by atoms with E-state index < -0.39 is 0 Å². The predicted molar refractivity (Wildman–Crippen MR) is 63.5 cm³/mol.